The number of hydrogen-bond donors (Lipinski definition) is 2. The number of halogens is 2. The summed E-state index contributed by atoms with van der Waals surface area (Å²) in [6.07, 6.45) is 1.75. The number of rotatable bonds is 6. The molecule has 0 saturated heterocycles. The minimum absolute atomic E-state index is 0.0794. The van der Waals surface area contributed by atoms with E-state index in [0.29, 0.717) is 12.5 Å². The van der Waals surface area contributed by atoms with Gasteiger partial charge in [0, 0.05) is 12.1 Å². The van der Waals surface area contributed by atoms with Crippen LogP contribution in [-0.4, -0.2) is 20.9 Å². The molecule has 0 aliphatic carbocycles. The van der Waals surface area contributed by atoms with Crippen molar-refractivity contribution >= 4 is 31.9 Å². The molecule has 21 heavy (non-hydrogen) atoms. The first-order chi connectivity index (χ1) is 9.62. The quantitative estimate of drug-likeness (QED) is 0.742. The van der Waals surface area contributed by atoms with Crippen LogP contribution in [0.4, 0.5) is 4.39 Å². The van der Waals surface area contributed by atoms with Gasteiger partial charge in [0.25, 0.3) is 5.91 Å². The highest BCUT2D eigenvalue weighted by Gasteiger charge is 2.20. The summed E-state index contributed by atoms with van der Waals surface area (Å²) >= 11 is 2.81. The summed E-state index contributed by atoms with van der Waals surface area (Å²) in [6.45, 7) is 4.59. The van der Waals surface area contributed by atoms with Crippen LogP contribution in [0.15, 0.2) is 21.5 Å². The second kappa shape index (κ2) is 7.33. The third-order valence-corrected chi connectivity index (χ3v) is 4.81. The first-order valence-corrected chi connectivity index (χ1v) is 8.77. The zero-order valence-electron chi connectivity index (χ0n) is 11.8. The summed E-state index contributed by atoms with van der Waals surface area (Å²) in [6, 6.07) is 2.02. The molecule has 1 aromatic carbocycles. The smallest absolute Gasteiger partial charge is 0.251 e. The Hall–Kier alpha value is -0.990. The van der Waals surface area contributed by atoms with Crippen molar-refractivity contribution in [3.63, 3.8) is 0 Å². The molecule has 0 atom stereocenters. The van der Waals surface area contributed by atoms with Gasteiger partial charge in [-0.3, -0.25) is 4.79 Å². The molecule has 1 amide bonds. The van der Waals surface area contributed by atoms with Crippen LogP contribution in [-0.2, 0) is 10.0 Å². The molecule has 3 N–H and O–H groups in total. The van der Waals surface area contributed by atoms with E-state index < -0.39 is 26.6 Å². The van der Waals surface area contributed by atoms with Crippen LogP contribution in [0.25, 0.3) is 0 Å². The third kappa shape index (κ3) is 5.37. The van der Waals surface area contributed by atoms with Crippen molar-refractivity contribution in [1.82, 2.24) is 5.32 Å². The predicted octanol–water partition coefficient (Wildman–Crippen LogP) is 2.40. The highest BCUT2D eigenvalue weighted by atomic mass is 79.9. The first kappa shape index (κ1) is 18.1. The Morgan fingerprint density at radius 3 is 2.57 bits per heavy atom. The molecule has 0 aromatic heterocycles. The van der Waals surface area contributed by atoms with Gasteiger partial charge in [-0.2, -0.15) is 0 Å². The van der Waals surface area contributed by atoms with Gasteiger partial charge in [0.2, 0.25) is 10.0 Å². The number of primary sulfonamides is 1. The summed E-state index contributed by atoms with van der Waals surface area (Å²) in [5, 5.41) is 7.62. The van der Waals surface area contributed by atoms with E-state index >= 15 is 0 Å². The maximum atomic E-state index is 13.7. The summed E-state index contributed by atoms with van der Waals surface area (Å²) < 4.78 is 36.1. The minimum Gasteiger partial charge on any atom is -0.352 e. The van der Waals surface area contributed by atoms with Crippen LogP contribution in [0.1, 0.15) is 37.0 Å². The molecule has 8 heteroatoms. The van der Waals surface area contributed by atoms with Gasteiger partial charge in [0.1, 0.15) is 5.82 Å². The second-order valence-corrected chi connectivity index (χ2v) is 7.43. The molecule has 0 aliphatic heterocycles. The van der Waals surface area contributed by atoms with E-state index in [2.05, 4.69) is 35.1 Å². The fraction of sp³-hybridized carbons (Fsp3) is 0.462. The zero-order chi connectivity index (χ0) is 16.2. The SMILES string of the molecule is CC(C)CCCNC(=O)c1cc(F)c(Br)c(S(N)(=O)=O)c1. The number of nitrogens with one attached hydrogen (secondary N) is 1. The monoisotopic (exact) mass is 380 g/mol. The average Bonchev–Trinajstić information content (AvgIpc) is 2.35. The Morgan fingerprint density at radius 2 is 2.05 bits per heavy atom. The fourth-order valence-electron chi connectivity index (χ4n) is 1.72. The lowest BCUT2D eigenvalue weighted by Gasteiger charge is -2.09. The van der Waals surface area contributed by atoms with Gasteiger partial charge in [-0.25, -0.2) is 17.9 Å². The van der Waals surface area contributed by atoms with Crippen LogP contribution in [0.5, 0.6) is 0 Å². The molecule has 0 heterocycles. The molecule has 0 saturated carbocycles. The Bertz CT molecular complexity index is 633. The number of carbonyl (C=O) groups excluding carboxylic acids is 1. The van der Waals surface area contributed by atoms with Crippen LogP contribution >= 0.6 is 15.9 Å². The number of hydrogen-bond acceptors (Lipinski definition) is 3. The van der Waals surface area contributed by atoms with E-state index in [0.717, 1.165) is 25.0 Å². The van der Waals surface area contributed by atoms with Crippen molar-refractivity contribution in [3.05, 3.63) is 28.0 Å². The van der Waals surface area contributed by atoms with Gasteiger partial charge in [0.15, 0.2) is 0 Å². The largest absolute Gasteiger partial charge is 0.352 e. The Balaban J connectivity index is 2.89. The van der Waals surface area contributed by atoms with Gasteiger partial charge in [-0.1, -0.05) is 13.8 Å². The molecule has 0 unspecified atom stereocenters. The van der Waals surface area contributed by atoms with Crippen LogP contribution < -0.4 is 10.5 Å². The molecule has 0 spiro atoms. The van der Waals surface area contributed by atoms with Crippen LogP contribution in [0.3, 0.4) is 0 Å². The molecule has 118 valence electrons. The normalized spacial score (nSPS) is 11.7. The third-order valence-electron chi connectivity index (χ3n) is 2.81. The highest BCUT2D eigenvalue weighted by Crippen LogP contribution is 2.25. The molecule has 0 fully saturated rings. The summed E-state index contributed by atoms with van der Waals surface area (Å²) in [7, 11) is -4.12. The molecule has 0 aliphatic rings. The van der Waals surface area contributed by atoms with Crippen LogP contribution in [0.2, 0.25) is 0 Å². The van der Waals surface area contributed by atoms with Crippen molar-refractivity contribution < 1.29 is 17.6 Å². The maximum Gasteiger partial charge on any atom is 0.251 e. The van der Waals surface area contributed by atoms with Crippen molar-refractivity contribution in [3.8, 4) is 0 Å². The minimum atomic E-state index is -4.12. The number of amides is 1. The zero-order valence-corrected chi connectivity index (χ0v) is 14.2. The van der Waals surface area contributed by atoms with E-state index in [1.165, 1.54) is 0 Å². The summed E-state index contributed by atoms with van der Waals surface area (Å²) in [4.78, 5) is 11.5. The molecule has 0 radical (unpaired) electrons. The summed E-state index contributed by atoms with van der Waals surface area (Å²) in [5.74, 6) is -0.857. The number of benzene rings is 1. The van der Waals surface area contributed by atoms with E-state index in [1.54, 1.807) is 0 Å². The Labute approximate surface area is 132 Å². The van der Waals surface area contributed by atoms with Gasteiger partial charge >= 0.3 is 0 Å². The Kier molecular flexibility index (Phi) is 6.30. The van der Waals surface area contributed by atoms with E-state index in [4.69, 9.17) is 5.14 Å². The van der Waals surface area contributed by atoms with Crippen molar-refractivity contribution in [1.29, 1.82) is 0 Å². The predicted molar refractivity (Wildman–Crippen MR) is 81.9 cm³/mol. The second-order valence-electron chi connectivity index (χ2n) is 5.11. The Morgan fingerprint density at radius 1 is 1.43 bits per heavy atom. The lowest BCUT2D eigenvalue weighted by Crippen LogP contribution is -2.25. The van der Waals surface area contributed by atoms with Crippen LogP contribution in [0, 0.1) is 11.7 Å². The lowest BCUT2D eigenvalue weighted by atomic mass is 10.1. The number of sulfonamides is 1. The average molecular weight is 381 g/mol. The topological polar surface area (TPSA) is 89.3 Å². The highest BCUT2D eigenvalue weighted by molar-refractivity contribution is 9.10. The van der Waals surface area contributed by atoms with E-state index in [-0.39, 0.29) is 10.0 Å². The molecule has 0 bridgehead atoms. The van der Waals surface area contributed by atoms with Gasteiger partial charge in [0.05, 0.1) is 9.37 Å². The van der Waals surface area contributed by atoms with Gasteiger partial charge in [-0.05, 0) is 46.8 Å². The summed E-state index contributed by atoms with van der Waals surface area (Å²) in [5.41, 5.74) is -0.0794. The van der Waals surface area contributed by atoms with E-state index in [1.807, 2.05) is 0 Å². The lowest BCUT2D eigenvalue weighted by molar-refractivity contribution is 0.0952. The van der Waals surface area contributed by atoms with E-state index in [9.17, 15) is 17.6 Å². The molecular formula is C13H18BrFN2O3S. The molecule has 5 nitrogen and oxygen atoms in total. The number of nitrogens with two attached hydrogens (primary N) is 1. The standard InChI is InChI=1S/C13H18BrFN2O3S/c1-8(2)4-3-5-17-13(18)9-6-10(15)12(14)11(7-9)21(16,19)20/h6-8H,3-5H2,1-2H3,(H,17,18)(H2,16,19,20). The molecule has 1 rings (SSSR count). The van der Waals surface area contributed by atoms with Crippen molar-refractivity contribution in [2.24, 2.45) is 11.1 Å². The first-order valence-electron chi connectivity index (χ1n) is 6.43. The molecule has 1 aromatic rings. The fourth-order valence-corrected chi connectivity index (χ4v) is 3.26. The van der Waals surface area contributed by atoms with Crippen molar-refractivity contribution in [2.45, 2.75) is 31.6 Å². The van der Waals surface area contributed by atoms with Gasteiger partial charge < -0.3 is 5.32 Å². The molecular weight excluding hydrogens is 363 g/mol. The van der Waals surface area contributed by atoms with Gasteiger partial charge in [-0.15, -0.1) is 0 Å². The van der Waals surface area contributed by atoms with Crippen molar-refractivity contribution in [2.75, 3.05) is 6.54 Å². The number of carbonyl (C=O) groups is 1. The maximum absolute atomic E-state index is 13.7.